The van der Waals surface area contributed by atoms with Crippen molar-refractivity contribution in [3.63, 3.8) is 0 Å². The predicted octanol–water partition coefficient (Wildman–Crippen LogP) is 1.54. The second-order valence-corrected chi connectivity index (χ2v) is 4.73. The lowest BCUT2D eigenvalue weighted by atomic mass is 10.2. The first-order valence-electron chi connectivity index (χ1n) is 6.61. The topological polar surface area (TPSA) is 66.8 Å². The van der Waals surface area contributed by atoms with Crippen LogP contribution in [0.2, 0.25) is 0 Å². The van der Waals surface area contributed by atoms with Crippen molar-refractivity contribution in [2.75, 3.05) is 19.7 Å². The number of rotatable bonds is 4. The highest BCUT2D eigenvalue weighted by atomic mass is 19.1. The van der Waals surface area contributed by atoms with Crippen molar-refractivity contribution in [3.8, 4) is 0 Å². The molecule has 1 heterocycles. The molecule has 1 aromatic carbocycles. The van der Waals surface area contributed by atoms with Crippen molar-refractivity contribution >= 4 is 18.0 Å². The first kappa shape index (κ1) is 15.2. The smallest absolute Gasteiger partial charge is 0.306 e. The Hall–Kier alpha value is -2.21. The maximum Gasteiger partial charge on any atom is 0.306 e. The Labute approximate surface area is 121 Å². The molecule has 1 amide bonds. The molecule has 1 aliphatic heterocycles. The minimum absolute atomic E-state index is 0.138. The maximum atomic E-state index is 13.4. The number of carboxylic acid groups (broad SMARTS) is 1. The highest BCUT2D eigenvalue weighted by Crippen LogP contribution is 2.11. The average molecular weight is 293 g/mol. The Morgan fingerprint density at radius 3 is 2.90 bits per heavy atom. The molecule has 6 heteroatoms. The number of carbonyl (C=O) groups is 2. The molecular weight excluding hydrogens is 277 g/mol. The van der Waals surface area contributed by atoms with E-state index in [-0.39, 0.29) is 18.9 Å². The third-order valence-corrected chi connectivity index (χ3v) is 3.16. The van der Waals surface area contributed by atoms with E-state index in [4.69, 9.17) is 9.84 Å². The summed E-state index contributed by atoms with van der Waals surface area (Å²) in [7, 11) is 0. The van der Waals surface area contributed by atoms with Crippen LogP contribution >= 0.6 is 0 Å². The summed E-state index contributed by atoms with van der Waals surface area (Å²) in [5.74, 6) is -1.64. The lowest BCUT2D eigenvalue weighted by molar-refractivity contribution is -0.145. The van der Waals surface area contributed by atoms with Crippen molar-refractivity contribution in [2.24, 2.45) is 0 Å². The van der Waals surface area contributed by atoms with E-state index in [2.05, 4.69) is 0 Å². The van der Waals surface area contributed by atoms with Gasteiger partial charge in [-0.25, -0.2) is 4.39 Å². The van der Waals surface area contributed by atoms with E-state index in [1.807, 2.05) is 0 Å². The minimum Gasteiger partial charge on any atom is -0.481 e. The van der Waals surface area contributed by atoms with Gasteiger partial charge in [0.2, 0.25) is 5.91 Å². The number of amides is 1. The molecule has 1 fully saturated rings. The molecule has 0 aliphatic carbocycles. The molecule has 1 aliphatic rings. The van der Waals surface area contributed by atoms with Gasteiger partial charge in [-0.05, 0) is 12.1 Å². The van der Waals surface area contributed by atoms with Crippen molar-refractivity contribution in [3.05, 3.63) is 41.7 Å². The highest BCUT2D eigenvalue weighted by molar-refractivity contribution is 5.91. The monoisotopic (exact) mass is 293 g/mol. The Morgan fingerprint density at radius 1 is 1.43 bits per heavy atom. The Morgan fingerprint density at radius 2 is 2.19 bits per heavy atom. The van der Waals surface area contributed by atoms with Crippen molar-refractivity contribution in [1.29, 1.82) is 0 Å². The van der Waals surface area contributed by atoms with Crippen molar-refractivity contribution in [2.45, 2.75) is 12.5 Å². The van der Waals surface area contributed by atoms with Crippen LogP contribution in [0.5, 0.6) is 0 Å². The molecule has 1 atom stereocenters. The molecule has 0 radical (unpaired) electrons. The van der Waals surface area contributed by atoms with E-state index < -0.39 is 17.9 Å². The van der Waals surface area contributed by atoms with Gasteiger partial charge in [0.15, 0.2) is 0 Å². The maximum absolute atomic E-state index is 13.4. The Balaban J connectivity index is 1.96. The summed E-state index contributed by atoms with van der Waals surface area (Å²) in [6.45, 7) is 0.931. The number of hydrogen-bond donors (Lipinski definition) is 1. The zero-order chi connectivity index (χ0) is 15.2. The molecule has 1 aromatic rings. The minimum atomic E-state index is -0.962. The fourth-order valence-corrected chi connectivity index (χ4v) is 2.11. The van der Waals surface area contributed by atoms with Gasteiger partial charge < -0.3 is 14.7 Å². The van der Waals surface area contributed by atoms with Crippen LogP contribution in [0.25, 0.3) is 6.08 Å². The number of nitrogens with zero attached hydrogens (tertiary/aromatic N) is 1. The van der Waals surface area contributed by atoms with Gasteiger partial charge >= 0.3 is 5.97 Å². The van der Waals surface area contributed by atoms with Gasteiger partial charge in [0.05, 0.1) is 19.1 Å². The summed E-state index contributed by atoms with van der Waals surface area (Å²) < 4.78 is 18.7. The Kier molecular flexibility index (Phi) is 5.05. The number of carbonyl (C=O) groups excluding carboxylic acids is 1. The average Bonchev–Trinajstić information content (AvgIpc) is 2.45. The number of aliphatic carboxylic acids is 1. The summed E-state index contributed by atoms with van der Waals surface area (Å²) in [6.07, 6.45) is 2.07. The highest BCUT2D eigenvalue weighted by Gasteiger charge is 2.24. The lowest BCUT2D eigenvalue weighted by Crippen LogP contribution is -2.45. The van der Waals surface area contributed by atoms with E-state index in [1.54, 1.807) is 18.2 Å². The van der Waals surface area contributed by atoms with Gasteiger partial charge in [0.1, 0.15) is 5.82 Å². The summed E-state index contributed by atoms with van der Waals surface area (Å²) in [6, 6.07) is 6.16. The van der Waals surface area contributed by atoms with Gasteiger partial charge in [-0.1, -0.05) is 18.2 Å². The number of hydrogen-bond acceptors (Lipinski definition) is 3. The number of ether oxygens (including phenoxy) is 1. The third kappa shape index (κ3) is 4.39. The molecule has 5 nitrogen and oxygen atoms in total. The van der Waals surface area contributed by atoms with Gasteiger partial charge in [-0.15, -0.1) is 0 Å². The van der Waals surface area contributed by atoms with E-state index in [0.29, 0.717) is 18.7 Å². The molecular formula is C15H16FNO4. The van der Waals surface area contributed by atoms with Crippen LogP contribution in [0.3, 0.4) is 0 Å². The molecule has 0 bridgehead atoms. The number of carboxylic acids is 1. The van der Waals surface area contributed by atoms with E-state index in [9.17, 15) is 14.0 Å². The van der Waals surface area contributed by atoms with E-state index in [0.717, 1.165) is 0 Å². The predicted molar refractivity (Wildman–Crippen MR) is 74.0 cm³/mol. The molecule has 2 rings (SSSR count). The lowest BCUT2D eigenvalue weighted by Gasteiger charge is -2.31. The SMILES string of the molecule is O=C(O)C[C@H]1CN(C(=O)/C=C/c2ccccc2F)CCO1. The fraction of sp³-hybridized carbons (Fsp3) is 0.333. The second-order valence-electron chi connectivity index (χ2n) is 4.73. The van der Waals surface area contributed by atoms with Crippen LogP contribution in [0.4, 0.5) is 4.39 Å². The first-order chi connectivity index (χ1) is 10.1. The number of morpholine rings is 1. The molecule has 1 N–H and O–H groups in total. The van der Waals surface area contributed by atoms with Gasteiger partial charge in [-0.2, -0.15) is 0 Å². The summed E-state index contributed by atoms with van der Waals surface area (Å²) in [5, 5.41) is 8.73. The zero-order valence-corrected chi connectivity index (χ0v) is 11.4. The quantitative estimate of drug-likeness (QED) is 0.855. The van der Waals surface area contributed by atoms with Crippen LogP contribution in [-0.2, 0) is 14.3 Å². The van der Waals surface area contributed by atoms with Crippen LogP contribution in [0.1, 0.15) is 12.0 Å². The third-order valence-electron chi connectivity index (χ3n) is 3.16. The van der Waals surface area contributed by atoms with Crippen LogP contribution in [-0.4, -0.2) is 47.7 Å². The summed E-state index contributed by atoms with van der Waals surface area (Å²) in [5.41, 5.74) is 0.334. The first-order valence-corrected chi connectivity index (χ1v) is 6.61. The second kappa shape index (κ2) is 6.99. The van der Waals surface area contributed by atoms with Crippen molar-refractivity contribution < 1.29 is 23.8 Å². The molecule has 0 spiro atoms. The largest absolute Gasteiger partial charge is 0.481 e. The number of halogens is 1. The molecule has 0 saturated carbocycles. The van der Waals surface area contributed by atoms with Gasteiger partial charge in [-0.3, -0.25) is 9.59 Å². The molecule has 21 heavy (non-hydrogen) atoms. The fourth-order valence-electron chi connectivity index (χ4n) is 2.11. The standard InChI is InChI=1S/C15H16FNO4/c16-13-4-2-1-3-11(13)5-6-14(18)17-7-8-21-12(10-17)9-15(19)20/h1-6,12H,7-10H2,(H,19,20)/b6-5+/t12-/m0/s1. The molecule has 112 valence electrons. The van der Waals surface area contributed by atoms with E-state index >= 15 is 0 Å². The molecule has 0 aromatic heterocycles. The van der Waals surface area contributed by atoms with Crippen LogP contribution < -0.4 is 0 Å². The summed E-state index contributed by atoms with van der Waals surface area (Å²) >= 11 is 0. The van der Waals surface area contributed by atoms with Crippen LogP contribution in [0, 0.1) is 5.82 Å². The normalized spacial score (nSPS) is 18.9. The van der Waals surface area contributed by atoms with Gasteiger partial charge in [0.25, 0.3) is 0 Å². The Bertz CT molecular complexity index is 558. The van der Waals surface area contributed by atoms with Crippen LogP contribution in [0.15, 0.2) is 30.3 Å². The zero-order valence-electron chi connectivity index (χ0n) is 11.4. The molecule has 0 unspecified atom stereocenters. The summed E-state index contributed by atoms with van der Waals surface area (Å²) in [4.78, 5) is 24.2. The van der Waals surface area contributed by atoms with Gasteiger partial charge in [0, 0.05) is 24.7 Å². The molecule has 1 saturated heterocycles. The van der Waals surface area contributed by atoms with E-state index in [1.165, 1.54) is 23.1 Å². The number of benzene rings is 1. The van der Waals surface area contributed by atoms with Crippen molar-refractivity contribution in [1.82, 2.24) is 4.90 Å².